The van der Waals surface area contributed by atoms with Gasteiger partial charge in [-0.3, -0.25) is 4.79 Å². The summed E-state index contributed by atoms with van der Waals surface area (Å²) < 4.78 is 0.907. The Balaban J connectivity index is 1.98. The number of carbonyl (C=O) groups is 1. The molecule has 0 unspecified atom stereocenters. The van der Waals surface area contributed by atoms with Crippen LogP contribution in [0.15, 0.2) is 52.4 Å². The monoisotopic (exact) mass is 308 g/mol. The lowest BCUT2D eigenvalue weighted by Crippen LogP contribution is -2.02. The lowest BCUT2D eigenvalue weighted by Gasteiger charge is -2.00. The minimum Gasteiger partial charge on any atom is -0.293 e. The molecule has 0 spiro atoms. The second-order valence-electron chi connectivity index (χ2n) is 3.25. The average Bonchev–Trinajstić information content (AvgIpc) is 2.37. The summed E-state index contributed by atoms with van der Waals surface area (Å²) in [5.74, 6) is 0.421. The van der Waals surface area contributed by atoms with Crippen LogP contribution in [0.1, 0.15) is 10.4 Å². The van der Waals surface area contributed by atoms with Gasteiger partial charge in [-0.25, -0.2) is 9.97 Å². The summed E-state index contributed by atoms with van der Waals surface area (Å²) >= 11 is 4.68. The minimum atomic E-state index is 0.0729. The van der Waals surface area contributed by atoms with Crippen LogP contribution in [0.4, 0.5) is 0 Å². The fraction of sp³-hybridized carbons (Fsp3) is 0.0833. The third kappa shape index (κ3) is 3.64. The number of halogens is 1. The Hall–Kier alpha value is -1.20. The molecule has 0 bridgehead atoms. The van der Waals surface area contributed by atoms with Gasteiger partial charge in [0.2, 0.25) is 0 Å². The molecule has 3 nitrogen and oxygen atoms in total. The molecule has 2 rings (SSSR count). The third-order valence-corrected chi connectivity index (χ3v) is 3.39. The Morgan fingerprint density at radius 3 is 2.71 bits per heavy atom. The molecule has 2 aromatic rings. The van der Waals surface area contributed by atoms with Crippen molar-refractivity contribution in [2.75, 3.05) is 5.75 Å². The van der Waals surface area contributed by atoms with E-state index in [2.05, 4.69) is 25.9 Å². The summed E-state index contributed by atoms with van der Waals surface area (Å²) in [5.41, 5.74) is 0.697. The van der Waals surface area contributed by atoms with Crippen LogP contribution in [0.2, 0.25) is 0 Å². The van der Waals surface area contributed by atoms with Gasteiger partial charge in [0.15, 0.2) is 10.9 Å². The molecule has 17 heavy (non-hydrogen) atoms. The summed E-state index contributed by atoms with van der Waals surface area (Å²) in [6.07, 6.45) is 3.33. The molecule has 1 heterocycles. The number of hydrogen-bond acceptors (Lipinski definition) is 4. The fourth-order valence-electron chi connectivity index (χ4n) is 1.24. The molecule has 0 amide bonds. The van der Waals surface area contributed by atoms with Gasteiger partial charge in [-0.2, -0.15) is 0 Å². The number of Topliss-reactive ketones (excluding diaryl/α,β-unsaturated/α-hetero) is 1. The second-order valence-corrected chi connectivity index (χ2v) is 5.11. The largest absolute Gasteiger partial charge is 0.293 e. The normalized spacial score (nSPS) is 10.2. The number of rotatable bonds is 4. The minimum absolute atomic E-state index is 0.0729. The van der Waals surface area contributed by atoms with Crippen LogP contribution in [-0.2, 0) is 0 Å². The molecule has 0 aliphatic heterocycles. The van der Waals surface area contributed by atoms with Crippen LogP contribution in [0.3, 0.4) is 0 Å². The molecule has 0 saturated carbocycles. The quantitative estimate of drug-likeness (QED) is 0.494. The van der Waals surface area contributed by atoms with Crippen molar-refractivity contribution in [3.05, 3.63) is 52.8 Å². The summed E-state index contributed by atoms with van der Waals surface area (Å²) in [4.78, 5) is 20.0. The molecule has 0 fully saturated rings. The number of thioether (sulfide) groups is 1. The van der Waals surface area contributed by atoms with Crippen LogP contribution in [0.5, 0.6) is 0 Å². The van der Waals surface area contributed by atoms with Crippen molar-refractivity contribution in [1.82, 2.24) is 9.97 Å². The van der Waals surface area contributed by atoms with Crippen molar-refractivity contribution < 1.29 is 4.79 Å². The first-order valence-corrected chi connectivity index (χ1v) is 6.72. The zero-order chi connectivity index (χ0) is 12.1. The van der Waals surface area contributed by atoms with Gasteiger partial charge >= 0.3 is 0 Å². The molecule has 0 saturated heterocycles. The Morgan fingerprint density at radius 2 is 2.00 bits per heavy atom. The Bertz CT molecular complexity index is 519. The summed E-state index contributed by atoms with van der Waals surface area (Å²) in [6, 6.07) is 9.11. The number of nitrogens with zero attached hydrogens (tertiary/aromatic N) is 2. The smallest absolute Gasteiger partial charge is 0.187 e. The highest BCUT2D eigenvalue weighted by Crippen LogP contribution is 2.16. The van der Waals surface area contributed by atoms with Crippen LogP contribution < -0.4 is 0 Å². The van der Waals surface area contributed by atoms with Gasteiger partial charge in [0.25, 0.3) is 0 Å². The predicted molar refractivity (Wildman–Crippen MR) is 71.2 cm³/mol. The van der Waals surface area contributed by atoms with E-state index >= 15 is 0 Å². The molecule has 86 valence electrons. The zero-order valence-corrected chi connectivity index (χ0v) is 11.2. The van der Waals surface area contributed by atoms with E-state index in [0.29, 0.717) is 16.5 Å². The van der Waals surface area contributed by atoms with Crippen molar-refractivity contribution in [2.24, 2.45) is 0 Å². The highest BCUT2D eigenvalue weighted by Gasteiger charge is 2.07. The number of ketones is 1. The number of carbonyl (C=O) groups excluding carboxylic acids is 1. The highest BCUT2D eigenvalue weighted by molar-refractivity contribution is 9.10. The first kappa shape index (κ1) is 12.3. The fourth-order valence-corrected chi connectivity index (χ4v) is 2.33. The van der Waals surface area contributed by atoms with Crippen LogP contribution >= 0.6 is 27.7 Å². The SMILES string of the molecule is O=C(CSc1ncccn1)c1cccc(Br)c1. The third-order valence-electron chi connectivity index (χ3n) is 2.02. The maximum atomic E-state index is 11.9. The van der Waals surface area contributed by atoms with Gasteiger partial charge < -0.3 is 0 Å². The maximum Gasteiger partial charge on any atom is 0.187 e. The molecule has 0 N–H and O–H groups in total. The van der Waals surface area contributed by atoms with E-state index in [0.717, 1.165) is 4.47 Å². The highest BCUT2D eigenvalue weighted by atomic mass is 79.9. The van der Waals surface area contributed by atoms with E-state index in [-0.39, 0.29) is 5.78 Å². The molecule has 0 aliphatic rings. The maximum absolute atomic E-state index is 11.9. The van der Waals surface area contributed by atoms with E-state index in [4.69, 9.17) is 0 Å². The standard InChI is InChI=1S/C12H9BrN2OS/c13-10-4-1-3-9(7-10)11(16)8-17-12-14-5-2-6-15-12/h1-7H,8H2. The molecule has 5 heteroatoms. The van der Waals surface area contributed by atoms with Crippen LogP contribution in [0.25, 0.3) is 0 Å². The number of aromatic nitrogens is 2. The number of benzene rings is 1. The second kappa shape index (κ2) is 5.93. The molecule has 1 aromatic carbocycles. The summed E-state index contributed by atoms with van der Waals surface area (Å²) in [6.45, 7) is 0. The van der Waals surface area contributed by atoms with E-state index in [9.17, 15) is 4.79 Å². The topological polar surface area (TPSA) is 42.9 Å². The predicted octanol–water partition coefficient (Wildman–Crippen LogP) is 3.21. The Labute approximate surface area is 112 Å². The molecule has 0 aliphatic carbocycles. The lowest BCUT2D eigenvalue weighted by molar-refractivity contribution is 0.102. The van der Waals surface area contributed by atoms with E-state index in [1.165, 1.54) is 11.8 Å². The molecule has 0 radical (unpaired) electrons. The first-order valence-electron chi connectivity index (χ1n) is 4.94. The Kier molecular flexibility index (Phi) is 4.28. The molecule has 0 atom stereocenters. The Morgan fingerprint density at radius 1 is 1.24 bits per heavy atom. The van der Waals surface area contributed by atoms with E-state index in [1.54, 1.807) is 24.5 Å². The van der Waals surface area contributed by atoms with Crippen molar-refractivity contribution in [1.29, 1.82) is 0 Å². The average molecular weight is 309 g/mol. The van der Waals surface area contributed by atoms with Gasteiger partial charge in [0, 0.05) is 22.4 Å². The van der Waals surface area contributed by atoms with E-state index < -0.39 is 0 Å². The van der Waals surface area contributed by atoms with Gasteiger partial charge in [0.05, 0.1) is 5.75 Å². The van der Waals surface area contributed by atoms with Gasteiger partial charge in [0.1, 0.15) is 0 Å². The van der Waals surface area contributed by atoms with Crippen molar-refractivity contribution in [3.8, 4) is 0 Å². The van der Waals surface area contributed by atoms with Crippen LogP contribution in [-0.4, -0.2) is 21.5 Å². The molecular weight excluding hydrogens is 300 g/mol. The van der Waals surface area contributed by atoms with Crippen molar-refractivity contribution in [2.45, 2.75) is 5.16 Å². The van der Waals surface area contributed by atoms with E-state index in [1.807, 2.05) is 18.2 Å². The van der Waals surface area contributed by atoms with Gasteiger partial charge in [-0.1, -0.05) is 39.8 Å². The number of hydrogen-bond donors (Lipinski definition) is 0. The summed E-state index contributed by atoms with van der Waals surface area (Å²) in [5, 5.41) is 0.621. The summed E-state index contributed by atoms with van der Waals surface area (Å²) in [7, 11) is 0. The van der Waals surface area contributed by atoms with Gasteiger partial charge in [-0.05, 0) is 18.2 Å². The lowest BCUT2D eigenvalue weighted by atomic mass is 10.2. The van der Waals surface area contributed by atoms with Gasteiger partial charge in [-0.15, -0.1) is 0 Å². The molecule has 1 aromatic heterocycles. The molecular formula is C12H9BrN2OS. The first-order chi connectivity index (χ1) is 8.25. The van der Waals surface area contributed by atoms with Crippen LogP contribution in [0, 0.1) is 0 Å². The zero-order valence-electron chi connectivity index (χ0n) is 8.84. The van der Waals surface area contributed by atoms with Crippen molar-refractivity contribution >= 4 is 33.5 Å². The van der Waals surface area contributed by atoms with Crippen molar-refractivity contribution in [3.63, 3.8) is 0 Å².